The van der Waals surface area contributed by atoms with Crippen LogP contribution in [0.4, 0.5) is 15.9 Å². The van der Waals surface area contributed by atoms with Crippen molar-refractivity contribution in [3.63, 3.8) is 0 Å². The highest BCUT2D eigenvalue weighted by molar-refractivity contribution is 6.05. The Morgan fingerprint density at radius 1 is 1.25 bits per heavy atom. The molecule has 0 saturated carbocycles. The predicted molar refractivity (Wildman–Crippen MR) is 75.9 cm³/mol. The highest BCUT2D eigenvalue weighted by atomic mass is 19.1. The lowest BCUT2D eigenvalue weighted by molar-refractivity contribution is 0.102. The second kappa shape index (κ2) is 5.66. The molecule has 0 unspecified atom stereocenters. The van der Waals surface area contributed by atoms with Crippen molar-refractivity contribution in [2.24, 2.45) is 5.84 Å². The fourth-order valence-corrected chi connectivity index (χ4v) is 1.91. The quantitative estimate of drug-likeness (QED) is 0.593. The van der Waals surface area contributed by atoms with Gasteiger partial charge in [-0.05, 0) is 31.0 Å². The third kappa shape index (κ3) is 2.60. The summed E-state index contributed by atoms with van der Waals surface area (Å²) < 4.78 is 14.0. The average molecular weight is 274 g/mol. The van der Waals surface area contributed by atoms with Crippen molar-refractivity contribution in [2.75, 3.05) is 10.7 Å². The summed E-state index contributed by atoms with van der Waals surface area (Å²) in [5, 5.41) is 2.71. The Bertz CT molecular complexity index is 637. The van der Waals surface area contributed by atoms with Crippen molar-refractivity contribution >= 4 is 17.4 Å². The number of hydrogen-bond acceptors (Lipinski definition) is 4. The summed E-state index contributed by atoms with van der Waals surface area (Å²) >= 11 is 0. The maximum Gasteiger partial charge on any atom is 0.258 e. The molecule has 1 heterocycles. The van der Waals surface area contributed by atoms with Gasteiger partial charge in [0, 0.05) is 11.9 Å². The number of nitrogens with zero attached hydrogens (tertiary/aromatic N) is 1. The summed E-state index contributed by atoms with van der Waals surface area (Å²) in [6.45, 7) is 3.75. The Hall–Kier alpha value is -2.47. The van der Waals surface area contributed by atoms with Crippen molar-refractivity contribution in [2.45, 2.75) is 13.8 Å². The topological polar surface area (TPSA) is 80.0 Å². The zero-order valence-corrected chi connectivity index (χ0v) is 11.2. The molecule has 6 heteroatoms. The molecule has 0 bridgehead atoms. The molecule has 0 spiro atoms. The monoisotopic (exact) mass is 274 g/mol. The third-order valence-corrected chi connectivity index (χ3v) is 2.99. The van der Waals surface area contributed by atoms with Gasteiger partial charge < -0.3 is 10.7 Å². The van der Waals surface area contributed by atoms with Crippen LogP contribution in [-0.2, 0) is 0 Å². The molecule has 0 aliphatic carbocycles. The van der Waals surface area contributed by atoms with Crippen LogP contribution >= 0.6 is 0 Å². The van der Waals surface area contributed by atoms with Crippen LogP contribution in [0.2, 0.25) is 0 Å². The Morgan fingerprint density at radius 3 is 2.50 bits per heavy atom. The molecule has 0 fully saturated rings. The minimum absolute atomic E-state index is 0.115. The number of benzene rings is 1. The number of aryl methyl sites for hydroxylation is 2. The summed E-state index contributed by atoms with van der Waals surface area (Å²) in [6.07, 6.45) is 1.32. The number of rotatable bonds is 3. The molecule has 4 N–H and O–H groups in total. The van der Waals surface area contributed by atoms with Crippen LogP contribution in [0, 0.1) is 19.7 Å². The van der Waals surface area contributed by atoms with E-state index in [4.69, 9.17) is 5.84 Å². The molecule has 5 nitrogen and oxygen atoms in total. The van der Waals surface area contributed by atoms with Crippen LogP contribution in [-0.4, -0.2) is 10.9 Å². The highest BCUT2D eigenvalue weighted by Gasteiger charge is 2.17. The molecule has 0 saturated heterocycles. The largest absolute Gasteiger partial charge is 0.321 e. The van der Waals surface area contributed by atoms with Gasteiger partial charge in [-0.15, -0.1) is 0 Å². The number of nitrogen functional groups attached to an aromatic ring is 1. The number of hydrazine groups is 1. The van der Waals surface area contributed by atoms with Gasteiger partial charge in [-0.25, -0.2) is 15.2 Å². The Kier molecular flexibility index (Phi) is 3.95. The average Bonchev–Trinajstić information content (AvgIpc) is 2.43. The van der Waals surface area contributed by atoms with Gasteiger partial charge in [-0.2, -0.15) is 0 Å². The highest BCUT2D eigenvalue weighted by Crippen LogP contribution is 2.21. The van der Waals surface area contributed by atoms with E-state index >= 15 is 0 Å². The van der Waals surface area contributed by atoms with Gasteiger partial charge in [0.15, 0.2) is 11.6 Å². The van der Waals surface area contributed by atoms with Crippen molar-refractivity contribution in [1.82, 2.24) is 4.98 Å². The van der Waals surface area contributed by atoms with E-state index in [-0.39, 0.29) is 11.4 Å². The second-order valence-electron chi connectivity index (χ2n) is 4.39. The van der Waals surface area contributed by atoms with E-state index in [1.807, 2.05) is 32.0 Å². The number of nitrogens with one attached hydrogen (secondary N) is 2. The van der Waals surface area contributed by atoms with Gasteiger partial charge in [0.1, 0.15) is 0 Å². The lowest BCUT2D eigenvalue weighted by atomic mass is 10.1. The van der Waals surface area contributed by atoms with Gasteiger partial charge in [0.25, 0.3) is 5.91 Å². The molecular formula is C14H15FN4O. The van der Waals surface area contributed by atoms with Gasteiger partial charge >= 0.3 is 0 Å². The molecule has 2 rings (SSSR count). The van der Waals surface area contributed by atoms with E-state index in [2.05, 4.69) is 15.7 Å². The molecule has 0 aliphatic rings. The van der Waals surface area contributed by atoms with E-state index in [1.54, 1.807) is 0 Å². The van der Waals surface area contributed by atoms with E-state index in [9.17, 15) is 9.18 Å². The van der Waals surface area contributed by atoms with E-state index < -0.39 is 11.7 Å². The summed E-state index contributed by atoms with van der Waals surface area (Å²) in [5.41, 5.74) is 4.49. The molecule has 1 aromatic carbocycles. The molecule has 0 atom stereocenters. The van der Waals surface area contributed by atoms with Crippen LogP contribution in [0.5, 0.6) is 0 Å². The number of pyridine rings is 1. The lowest BCUT2D eigenvalue weighted by Crippen LogP contribution is -2.18. The number of hydrogen-bond donors (Lipinski definition) is 3. The number of amides is 1. The van der Waals surface area contributed by atoms with Gasteiger partial charge in [-0.1, -0.05) is 18.2 Å². The van der Waals surface area contributed by atoms with Crippen molar-refractivity contribution in [3.8, 4) is 0 Å². The minimum atomic E-state index is -0.779. The van der Waals surface area contributed by atoms with E-state index in [1.165, 1.54) is 12.3 Å². The fraction of sp³-hybridized carbons (Fsp3) is 0.143. The summed E-state index contributed by atoms with van der Waals surface area (Å²) in [6, 6.07) is 6.94. The summed E-state index contributed by atoms with van der Waals surface area (Å²) in [4.78, 5) is 15.9. The number of nitrogens with two attached hydrogens (primary N) is 1. The number of carbonyl (C=O) groups is 1. The maximum absolute atomic E-state index is 14.0. The van der Waals surface area contributed by atoms with Gasteiger partial charge in [0.05, 0.1) is 5.56 Å². The first-order valence-corrected chi connectivity index (χ1v) is 6.03. The first-order chi connectivity index (χ1) is 9.54. The van der Waals surface area contributed by atoms with Crippen LogP contribution in [0.1, 0.15) is 21.5 Å². The number of para-hydroxylation sites is 1. The lowest BCUT2D eigenvalue weighted by Gasteiger charge is -2.12. The molecule has 0 radical (unpaired) electrons. The first kappa shape index (κ1) is 14.0. The Morgan fingerprint density at radius 2 is 1.90 bits per heavy atom. The summed E-state index contributed by atoms with van der Waals surface area (Å²) in [7, 11) is 0. The van der Waals surface area contributed by atoms with Gasteiger partial charge in [-0.3, -0.25) is 4.79 Å². The van der Waals surface area contributed by atoms with Crippen LogP contribution < -0.4 is 16.6 Å². The minimum Gasteiger partial charge on any atom is -0.321 e. The molecule has 0 aliphatic heterocycles. The number of halogens is 1. The number of carbonyl (C=O) groups excluding carboxylic acids is 1. The maximum atomic E-state index is 14.0. The molecule has 2 aromatic rings. The van der Waals surface area contributed by atoms with E-state index in [0.29, 0.717) is 5.69 Å². The van der Waals surface area contributed by atoms with Crippen LogP contribution in [0.3, 0.4) is 0 Å². The normalized spacial score (nSPS) is 10.2. The molecular weight excluding hydrogens is 259 g/mol. The van der Waals surface area contributed by atoms with Crippen LogP contribution in [0.15, 0.2) is 30.5 Å². The molecule has 1 amide bonds. The van der Waals surface area contributed by atoms with Crippen molar-refractivity contribution < 1.29 is 9.18 Å². The SMILES string of the molecule is Cc1cccc(C)c1NC(=O)c1ccnc(NN)c1F. The van der Waals surface area contributed by atoms with Crippen molar-refractivity contribution in [3.05, 3.63) is 53.0 Å². The predicted octanol–water partition coefficient (Wildman–Crippen LogP) is 2.38. The summed E-state index contributed by atoms with van der Waals surface area (Å²) in [5.74, 6) is 3.65. The fourth-order valence-electron chi connectivity index (χ4n) is 1.91. The smallest absolute Gasteiger partial charge is 0.258 e. The first-order valence-electron chi connectivity index (χ1n) is 6.03. The Balaban J connectivity index is 2.34. The molecule has 104 valence electrons. The van der Waals surface area contributed by atoms with E-state index in [0.717, 1.165) is 11.1 Å². The zero-order valence-electron chi connectivity index (χ0n) is 11.2. The van der Waals surface area contributed by atoms with Crippen LogP contribution in [0.25, 0.3) is 0 Å². The standard InChI is InChI=1S/C14H15FN4O/c1-8-4-3-5-9(2)12(8)18-14(20)10-6-7-17-13(19-16)11(10)15/h3-7H,16H2,1-2H3,(H,17,19)(H,18,20). The Labute approximate surface area is 116 Å². The van der Waals surface area contributed by atoms with Crippen molar-refractivity contribution in [1.29, 1.82) is 0 Å². The third-order valence-electron chi connectivity index (χ3n) is 2.99. The molecule has 1 aromatic heterocycles. The second-order valence-corrected chi connectivity index (χ2v) is 4.39. The van der Waals surface area contributed by atoms with Gasteiger partial charge in [0.2, 0.25) is 0 Å². The number of anilines is 2. The zero-order chi connectivity index (χ0) is 14.7. The molecule has 20 heavy (non-hydrogen) atoms. The number of aromatic nitrogens is 1.